The Morgan fingerprint density at radius 3 is 2.22 bits per heavy atom. The van der Waals surface area contributed by atoms with Gasteiger partial charge in [-0.2, -0.15) is 0 Å². The Labute approximate surface area is 61.4 Å². The van der Waals surface area contributed by atoms with Crippen LogP contribution in [-0.2, 0) is 0 Å². The summed E-state index contributed by atoms with van der Waals surface area (Å²) in [5.74, 6) is 0. The van der Waals surface area contributed by atoms with Crippen LogP contribution in [0.2, 0.25) is 0 Å². The van der Waals surface area contributed by atoms with Gasteiger partial charge in [0.1, 0.15) is 0 Å². The van der Waals surface area contributed by atoms with Crippen molar-refractivity contribution in [3.8, 4) is 0 Å². The Balaban J connectivity index is 3.64. The van der Waals surface area contributed by atoms with Crippen molar-refractivity contribution >= 4 is 17.3 Å². The zero-order chi connectivity index (χ0) is 7.28. The molecule has 2 N–H and O–H groups in total. The lowest BCUT2D eigenvalue weighted by Crippen LogP contribution is -2.44. The van der Waals surface area contributed by atoms with Crippen molar-refractivity contribution in [1.29, 1.82) is 0 Å². The summed E-state index contributed by atoms with van der Waals surface area (Å²) < 4.78 is 0. The van der Waals surface area contributed by atoms with Crippen molar-refractivity contribution < 1.29 is 0 Å². The molecule has 0 spiro atoms. The first-order valence-corrected chi connectivity index (χ1v) is 3.33. The molecule has 0 atom stereocenters. The van der Waals surface area contributed by atoms with Gasteiger partial charge >= 0.3 is 0 Å². The smallest absolute Gasteiger partial charge is 0.183 e. The third kappa shape index (κ3) is 2.62. The van der Waals surface area contributed by atoms with Crippen molar-refractivity contribution in [1.82, 2.24) is 15.8 Å². The van der Waals surface area contributed by atoms with Gasteiger partial charge in [0, 0.05) is 20.6 Å². The first kappa shape index (κ1) is 8.65. The minimum Gasteiger partial charge on any atom is -0.365 e. The molecule has 0 amide bonds. The molecule has 0 aliphatic heterocycles. The van der Waals surface area contributed by atoms with Gasteiger partial charge in [-0.1, -0.05) is 0 Å². The summed E-state index contributed by atoms with van der Waals surface area (Å²) in [4.78, 5) is 0. The molecule has 0 aliphatic carbocycles. The van der Waals surface area contributed by atoms with E-state index in [9.17, 15) is 0 Å². The summed E-state index contributed by atoms with van der Waals surface area (Å²) in [6.45, 7) is 2.90. The van der Waals surface area contributed by atoms with E-state index >= 15 is 0 Å². The second-order valence-corrected chi connectivity index (χ2v) is 1.91. The quantitative estimate of drug-likeness (QED) is 0.423. The predicted octanol–water partition coefficient (Wildman–Crippen LogP) is -0.0530. The Hall–Kier alpha value is -0.350. The Morgan fingerprint density at radius 2 is 2.11 bits per heavy atom. The maximum Gasteiger partial charge on any atom is 0.183 e. The molecule has 0 saturated carbocycles. The first-order chi connectivity index (χ1) is 4.26. The molecule has 0 heterocycles. The van der Waals surface area contributed by atoms with Gasteiger partial charge in [0.15, 0.2) is 5.11 Å². The topological polar surface area (TPSA) is 27.3 Å². The highest BCUT2D eigenvalue weighted by Crippen LogP contribution is 1.79. The van der Waals surface area contributed by atoms with Gasteiger partial charge in [-0.05, 0) is 19.1 Å². The van der Waals surface area contributed by atoms with E-state index < -0.39 is 0 Å². The Morgan fingerprint density at radius 1 is 1.56 bits per heavy atom. The average molecular weight is 147 g/mol. The number of hydrogen-bond donors (Lipinski definition) is 2. The van der Waals surface area contributed by atoms with Crippen molar-refractivity contribution in [3.05, 3.63) is 0 Å². The van der Waals surface area contributed by atoms with Gasteiger partial charge in [0.25, 0.3) is 0 Å². The zero-order valence-corrected chi connectivity index (χ0v) is 6.88. The van der Waals surface area contributed by atoms with Gasteiger partial charge in [0.05, 0.1) is 0 Å². The number of nitrogens with zero attached hydrogens (tertiary/aromatic N) is 1. The second kappa shape index (κ2) is 4.52. The van der Waals surface area contributed by atoms with Crippen LogP contribution in [-0.4, -0.2) is 30.8 Å². The molecule has 0 aromatic rings. The fraction of sp³-hybridized carbons (Fsp3) is 0.800. The number of thiocarbonyl (C=S) groups is 1. The molecule has 0 fully saturated rings. The third-order valence-electron chi connectivity index (χ3n) is 1.05. The monoisotopic (exact) mass is 147 g/mol. The van der Waals surface area contributed by atoms with Gasteiger partial charge < -0.3 is 5.32 Å². The van der Waals surface area contributed by atoms with Gasteiger partial charge in [-0.25, -0.2) is 5.43 Å². The van der Waals surface area contributed by atoms with Gasteiger partial charge in [0.2, 0.25) is 0 Å². The van der Waals surface area contributed by atoms with E-state index in [0.717, 1.165) is 11.7 Å². The van der Waals surface area contributed by atoms with Crippen LogP contribution in [0.1, 0.15) is 6.92 Å². The first-order valence-electron chi connectivity index (χ1n) is 2.92. The third-order valence-corrected chi connectivity index (χ3v) is 1.47. The normalized spacial score (nSPS) is 8.78. The molecular weight excluding hydrogens is 134 g/mol. The fourth-order valence-corrected chi connectivity index (χ4v) is 0.759. The van der Waals surface area contributed by atoms with Gasteiger partial charge in [-0.15, -0.1) is 0 Å². The van der Waals surface area contributed by atoms with Crippen LogP contribution in [0.4, 0.5) is 0 Å². The van der Waals surface area contributed by atoms with E-state index in [2.05, 4.69) is 10.7 Å². The summed E-state index contributed by atoms with van der Waals surface area (Å²) in [5.41, 5.74) is 2.93. The molecule has 0 bridgehead atoms. The van der Waals surface area contributed by atoms with E-state index in [1.165, 1.54) is 0 Å². The highest BCUT2D eigenvalue weighted by atomic mass is 32.1. The lowest BCUT2D eigenvalue weighted by molar-refractivity contribution is 0.353. The Kier molecular flexibility index (Phi) is 4.35. The molecule has 0 saturated heterocycles. The summed E-state index contributed by atoms with van der Waals surface area (Å²) in [6.07, 6.45) is 0. The lowest BCUT2D eigenvalue weighted by Gasteiger charge is -2.20. The summed E-state index contributed by atoms with van der Waals surface area (Å²) in [6, 6.07) is 0. The highest BCUT2D eigenvalue weighted by Gasteiger charge is 1.98. The largest absolute Gasteiger partial charge is 0.365 e. The molecule has 0 aliphatic rings. The van der Waals surface area contributed by atoms with Crippen LogP contribution >= 0.6 is 12.2 Å². The van der Waals surface area contributed by atoms with Crippen molar-refractivity contribution in [2.45, 2.75) is 6.92 Å². The minimum atomic E-state index is 0.722. The number of hydrogen-bond acceptors (Lipinski definition) is 2. The van der Waals surface area contributed by atoms with Crippen LogP contribution in [0.3, 0.4) is 0 Å². The molecule has 3 nitrogen and oxygen atoms in total. The van der Waals surface area contributed by atoms with Crippen LogP contribution in [0, 0.1) is 0 Å². The molecule has 0 radical (unpaired) electrons. The summed E-state index contributed by atoms with van der Waals surface area (Å²) in [7, 11) is 3.65. The molecule has 4 heteroatoms. The van der Waals surface area contributed by atoms with Crippen LogP contribution < -0.4 is 10.7 Å². The average Bonchev–Trinajstić information content (AvgIpc) is 1.90. The molecule has 0 aromatic carbocycles. The molecule has 0 aromatic heterocycles. The maximum absolute atomic E-state index is 4.93. The Bertz CT molecular complexity index is 90.2. The van der Waals surface area contributed by atoms with Crippen molar-refractivity contribution in [2.75, 3.05) is 20.6 Å². The molecule has 9 heavy (non-hydrogen) atoms. The second-order valence-electron chi connectivity index (χ2n) is 1.52. The summed E-state index contributed by atoms with van der Waals surface area (Å²) in [5, 5.41) is 5.43. The molecule has 0 unspecified atom stereocenters. The van der Waals surface area contributed by atoms with Gasteiger partial charge in [-0.3, -0.25) is 5.01 Å². The fourth-order valence-electron chi connectivity index (χ4n) is 0.538. The number of rotatable bonds is 2. The SMILES string of the molecule is CCN(NC)C(=S)NC. The van der Waals surface area contributed by atoms with E-state index in [1.807, 2.05) is 26.0 Å². The van der Waals surface area contributed by atoms with Crippen molar-refractivity contribution in [3.63, 3.8) is 0 Å². The van der Waals surface area contributed by atoms with E-state index in [-0.39, 0.29) is 0 Å². The summed E-state index contributed by atoms with van der Waals surface area (Å²) >= 11 is 4.93. The molecule has 0 rings (SSSR count). The minimum absolute atomic E-state index is 0.722. The zero-order valence-electron chi connectivity index (χ0n) is 6.06. The number of nitrogens with one attached hydrogen (secondary N) is 2. The lowest BCUT2D eigenvalue weighted by atomic mass is 10.7. The number of hydrazine groups is 1. The van der Waals surface area contributed by atoms with Crippen LogP contribution in [0.25, 0.3) is 0 Å². The van der Waals surface area contributed by atoms with E-state index in [1.54, 1.807) is 0 Å². The standard InChI is InChI=1S/C5H13N3S/c1-4-8(7-3)5(9)6-2/h7H,4H2,1-3H3,(H,6,9). The van der Waals surface area contributed by atoms with Crippen molar-refractivity contribution in [2.24, 2.45) is 0 Å². The van der Waals surface area contributed by atoms with Crippen LogP contribution in [0.5, 0.6) is 0 Å². The molecule has 54 valence electrons. The highest BCUT2D eigenvalue weighted by molar-refractivity contribution is 7.80. The maximum atomic E-state index is 4.93. The van der Waals surface area contributed by atoms with Crippen LogP contribution in [0.15, 0.2) is 0 Å². The predicted molar refractivity (Wildman–Crippen MR) is 43.1 cm³/mol. The molecular formula is C5H13N3S. The van der Waals surface area contributed by atoms with E-state index in [0.29, 0.717) is 0 Å². The van der Waals surface area contributed by atoms with E-state index in [4.69, 9.17) is 12.2 Å².